The molecule has 0 aliphatic carbocycles. The summed E-state index contributed by atoms with van der Waals surface area (Å²) in [6.45, 7) is 2.24. The zero-order chi connectivity index (χ0) is 8.15. The Morgan fingerprint density at radius 2 is 2.09 bits per heavy atom. The van der Waals surface area contributed by atoms with Crippen molar-refractivity contribution in [1.29, 1.82) is 0 Å². The summed E-state index contributed by atoms with van der Waals surface area (Å²) < 4.78 is 0. The molecule has 3 nitrogen and oxygen atoms in total. The number of carbonyl (C=O) groups excluding carboxylic acids is 1. The summed E-state index contributed by atoms with van der Waals surface area (Å²) in [7, 11) is 3.70. The lowest BCUT2D eigenvalue weighted by Gasteiger charge is -2.11. The zero-order valence-corrected chi connectivity index (χ0v) is 8.71. The Hall–Kier alpha value is 0.0700. The maximum absolute atomic E-state index is 10.9. The number of nitrogens with one attached hydrogen (secondary N) is 1. The summed E-state index contributed by atoms with van der Waals surface area (Å²) in [5.74, 6) is 0.00694. The predicted molar refractivity (Wildman–Crippen MR) is 52.4 cm³/mol. The van der Waals surface area contributed by atoms with E-state index in [1.54, 1.807) is 0 Å². The molecule has 0 spiro atoms. The first kappa shape index (κ1) is 13.6. The van der Waals surface area contributed by atoms with Gasteiger partial charge in [-0.15, -0.1) is 12.4 Å². The van der Waals surface area contributed by atoms with Crippen molar-refractivity contribution in [3.05, 3.63) is 0 Å². The van der Waals surface area contributed by atoms with E-state index in [1.165, 1.54) is 0 Å². The third-order valence-electron chi connectivity index (χ3n) is 0.830. The number of likely N-dealkylation sites (N-methyl/N-ethyl adjacent to an activating group) is 1. The minimum absolute atomic E-state index is 0. The summed E-state index contributed by atoms with van der Waals surface area (Å²) in [6.07, 6.45) is 0. The van der Waals surface area contributed by atoms with E-state index < -0.39 is 0 Å². The van der Waals surface area contributed by atoms with Gasteiger partial charge in [0.2, 0.25) is 5.91 Å². The molecule has 0 bridgehead atoms. The van der Waals surface area contributed by atoms with E-state index in [4.69, 9.17) is 0 Å². The smallest absolute Gasteiger partial charge is 0.235 e. The minimum Gasteiger partial charge on any atom is -0.344 e. The van der Waals surface area contributed by atoms with E-state index in [2.05, 4.69) is 17.9 Å². The lowest BCUT2D eigenvalue weighted by molar-refractivity contribution is -0.121. The molecule has 11 heavy (non-hydrogen) atoms. The van der Waals surface area contributed by atoms with Crippen LogP contribution >= 0.6 is 25.0 Å². The molecule has 0 rings (SSSR count). The van der Waals surface area contributed by atoms with Gasteiger partial charge in [0.15, 0.2) is 0 Å². The van der Waals surface area contributed by atoms with Crippen LogP contribution in [0.1, 0.15) is 6.92 Å². The van der Waals surface area contributed by atoms with Gasteiger partial charge in [-0.05, 0) is 21.0 Å². The van der Waals surface area contributed by atoms with Crippen LogP contribution < -0.4 is 5.32 Å². The van der Waals surface area contributed by atoms with Gasteiger partial charge in [0.1, 0.15) is 0 Å². The van der Waals surface area contributed by atoms with E-state index >= 15 is 0 Å². The Balaban J connectivity index is 0. The fraction of sp³-hybridized carbons (Fsp3) is 0.833. The molecule has 0 saturated carbocycles. The van der Waals surface area contributed by atoms with Gasteiger partial charge in [0, 0.05) is 0 Å². The third-order valence-corrected chi connectivity index (χ3v) is 0.959. The van der Waals surface area contributed by atoms with Gasteiger partial charge in [0.05, 0.1) is 11.9 Å². The Kier molecular flexibility index (Phi) is 8.39. The summed E-state index contributed by atoms with van der Waals surface area (Å²) in [4.78, 5) is 12.7. The Morgan fingerprint density at radius 1 is 1.64 bits per heavy atom. The van der Waals surface area contributed by atoms with Crippen LogP contribution in [0, 0.1) is 0 Å². The van der Waals surface area contributed by atoms with Crippen molar-refractivity contribution in [3.8, 4) is 0 Å². The maximum atomic E-state index is 10.9. The molecular formula is C6H15ClN2OS. The average Bonchev–Trinajstić information content (AvgIpc) is 1.58. The van der Waals surface area contributed by atoms with Crippen LogP contribution in [-0.4, -0.2) is 36.8 Å². The van der Waals surface area contributed by atoms with Crippen LogP contribution in [-0.2, 0) is 4.79 Å². The summed E-state index contributed by atoms with van der Waals surface area (Å²) in [5.41, 5.74) is 0. The maximum Gasteiger partial charge on any atom is 0.235 e. The Labute approximate surface area is 79.3 Å². The molecule has 0 aliphatic rings. The van der Waals surface area contributed by atoms with Crippen LogP contribution in [0.5, 0.6) is 0 Å². The van der Waals surface area contributed by atoms with Crippen LogP contribution in [0.2, 0.25) is 0 Å². The van der Waals surface area contributed by atoms with Gasteiger partial charge in [-0.1, -0.05) is 0 Å². The van der Waals surface area contributed by atoms with Crippen molar-refractivity contribution in [1.82, 2.24) is 10.2 Å². The van der Waals surface area contributed by atoms with Gasteiger partial charge in [-0.3, -0.25) is 4.79 Å². The molecule has 1 amide bonds. The second kappa shape index (κ2) is 6.76. The predicted octanol–water partition coefficient (Wildman–Crippen LogP) is 0.362. The first-order valence-corrected chi connectivity index (χ1v) is 3.66. The summed E-state index contributed by atoms with van der Waals surface area (Å²) >= 11 is 4.01. The van der Waals surface area contributed by atoms with Gasteiger partial charge in [-0.2, -0.15) is 12.6 Å². The molecule has 0 heterocycles. The van der Waals surface area contributed by atoms with Gasteiger partial charge in [0.25, 0.3) is 0 Å². The summed E-state index contributed by atoms with van der Waals surface area (Å²) in [5, 5.41) is 2.60. The van der Waals surface area contributed by atoms with E-state index in [-0.39, 0.29) is 23.7 Å². The third kappa shape index (κ3) is 10.1. The number of hydrogen-bond acceptors (Lipinski definition) is 3. The standard InChI is InChI=1S/C6H14N2OS.ClH/c1-5(10)7-6(9)4-8(2)3;/h5,10H,4H2,1-3H3,(H,7,9);1H. The van der Waals surface area contributed by atoms with E-state index in [1.807, 2.05) is 25.9 Å². The largest absolute Gasteiger partial charge is 0.344 e. The Morgan fingerprint density at radius 3 is 2.36 bits per heavy atom. The molecule has 0 aliphatic heterocycles. The van der Waals surface area contributed by atoms with Crippen LogP contribution in [0.15, 0.2) is 0 Å². The number of halogens is 1. The quantitative estimate of drug-likeness (QED) is 0.507. The molecule has 0 aromatic rings. The summed E-state index contributed by atoms with van der Waals surface area (Å²) in [6, 6.07) is 0. The highest BCUT2D eigenvalue weighted by atomic mass is 35.5. The molecule has 0 aromatic carbocycles. The van der Waals surface area contributed by atoms with E-state index in [9.17, 15) is 4.79 Å². The van der Waals surface area contributed by atoms with Crippen LogP contribution in [0.4, 0.5) is 0 Å². The fourth-order valence-electron chi connectivity index (χ4n) is 0.566. The molecule has 0 saturated heterocycles. The minimum atomic E-state index is -0.0625. The Bertz CT molecular complexity index is 107. The molecule has 1 unspecified atom stereocenters. The molecule has 0 radical (unpaired) electrons. The number of hydrogen-bond donors (Lipinski definition) is 2. The molecule has 1 N–H and O–H groups in total. The lowest BCUT2D eigenvalue weighted by Crippen LogP contribution is -2.36. The van der Waals surface area contributed by atoms with Crippen molar-refractivity contribution >= 4 is 30.9 Å². The number of thiol groups is 1. The van der Waals surface area contributed by atoms with Gasteiger partial charge in [-0.25, -0.2) is 0 Å². The normalized spacial score (nSPS) is 12.1. The van der Waals surface area contributed by atoms with Crippen LogP contribution in [0.3, 0.4) is 0 Å². The first-order valence-electron chi connectivity index (χ1n) is 3.14. The number of carbonyl (C=O) groups is 1. The second-order valence-electron chi connectivity index (χ2n) is 2.48. The van der Waals surface area contributed by atoms with Crippen molar-refractivity contribution in [3.63, 3.8) is 0 Å². The molecular weight excluding hydrogens is 184 g/mol. The van der Waals surface area contributed by atoms with Crippen molar-refractivity contribution in [2.75, 3.05) is 20.6 Å². The number of amides is 1. The van der Waals surface area contributed by atoms with Crippen molar-refractivity contribution < 1.29 is 4.79 Å². The molecule has 0 fully saturated rings. The highest BCUT2D eigenvalue weighted by molar-refractivity contribution is 7.80. The average molecular weight is 199 g/mol. The SMILES string of the molecule is CC(S)NC(=O)CN(C)C.Cl. The van der Waals surface area contributed by atoms with Gasteiger partial charge >= 0.3 is 0 Å². The molecule has 1 atom stereocenters. The zero-order valence-electron chi connectivity index (χ0n) is 7.00. The molecule has 0 aromatic heterocycles. The van der Waals surface area contributed by atoms with E-state index in [0.717, 1.165) is 0 Å². The highest BCUT2D eigenvalue weighted by Crippen LogP contribution is 1.85. The van der Waals surface area contributed by atoms with Crippen LogP contribution in [0.25, 0.3) is 0 Å². The monoisotopic (exact) mass is 198 g/mol. The van der Waals surface area contributed by atoms with Crippen molar-refractivity contribution in [2.45, 2.75) is 12.3 Å². The number of nitrogens with zero attached hydrogens (tertiary/aromatic N) is 1. The topological polar surface area (TPSA) is 32.3 Å². The molecule has 5 heteroatoms. The van der Waals surface area contributed by atoms with Gasteiger partial charge < -0.3 is 10.2 Å². The number of rotatable bonds is 3. The van der Waals surface area contributed by atoms with Crippen molar-refractivity contribution in [2.24, 2.45) is 0 Å². The molecule has 68 valence electrons. The first-order chi connectivity index (χ1) is 4.52. The second-order valence-corrected chi connectivity index (χ2v) is 3.26. The van der Waals surface area contributed by atoms with E-state index in [0.29, 0.717) is 6.54 Å². The fourth-order valence-corrected chi connectivity index (χ4v) is 0.710. The lowest BCUT2D eigenvalue weighted by atomic mass is 10.5. The highest BCUT2D eigenvalue weighted by Gasteiger charge is 2.03.